The molecule has 19 heavy (non-hydrogen) atoms. The van der Waals surface area contributed by atoms with Crippen LogP contribution in [-0.2, 0) is 6.54 Å². The Hall–Kier alpha value is -1.32. The molecule has 0 aliphatic heterocycles. The van der Waals surface area contributed by atoms with Gasteiger partial charge in [-0.05, 0) is 30.6 Å². The molecule has 0 amide bonds. The fourth-order valence-electron chi connectivity index (χ4n) is 2.83. The highest BCUT2D eigenvalue weighted by atomic mass is 16.1. The van der Waals surface area contributed by atoms with Gasteiger partial charge in [-0.3, -0.25) is 4.79 Å². The SMILES string of the molecule is CC(C)Cn1ccnc(NC2CCC(C)C2C)c1=O. The second-order valence-electron chi connectivity index (χ2n) is 6.29. The van der Waals surface area contributed by atoms with Crippen molar-refractivity contribution in [2.45, 2.75) is 53.1 Å². The van der Waals surface area contributed by atoms with E-state index in [1.807, 2.05) is 0 Å². The standard InChI is InChI=1S/C15H25N3O/c1-10(2)9-18-8-7-16-14(15(18)19)17-13-6-5-11(3)12(13)4/h7-8,10-13H,5-6,9H2,1-4H3,(H,16,17). The molecular weight excluding hydrogens is 238 g/mol. The summed E-state index contributed by atoms with van der Waals surface area (Å²) in [4.78, 5) is 16.5. The zero-order valence-electron chi connectivity index (χ0n) is 12.4. The summed E-state index contributed by atoms with van der Waals surface area (Å²) < 4.78 is 1.75. The molecule has 0 spiro atoms. The van der Waals surface area contributed by atoms with Crippen LogP contribution in [0.2, 0.25) is 0 Å². The van der Waals surface area contributed by atoms with Gasteiger partial charge in [0.25, 0.3) is 5.56 Å². The predicted octanol–water partition coefficient (Wildman–Crippen LogP) is 2.75. The zero-order valence-corrected chi connectivity index (χ0v) is 12.4. The van der Waals surface area contributed by atoms with Crippen molar-refractivity contribution in [2.75, 3.05) is 5.32 Å². The van der Waals surface area contributed by atoms with E-state index in [2.05, 4.69) is 38.0 Å². The van der Waals surface area contributed by atoms with E-state index in [1.54, 1.807) is 17.0 Å². The van der Waals surface area contributed by atoms with Crippen LogP contribution >= 0.6 is 0 Å². The summed E-state index contributed by atoms with van der Waals surface area (Å²) in [6.07, 6.45) is 5.84. The van der Waals surface area contributed by atoms with Crippen molar-refractivity contribution in [1.82, 2.24) is 9.55 Å². The lowest BCUT2D eigenvalue weighted by atomic mass is 9.98. The van der Waals surface area contributed by atoms with Crippen molar-refractivity contribution in [3.05, 3.63) is 22.7 Å². The molecule has 0 bridgehead atoms. The second kappa shape index (κ2) is 5.76. The van der Waals surface area contributed by atoms with E-state index in [0.717, 1.165) is 18.9 Å². The lowest BCUT2D eigenvalue weighted by Crippen LogP contribution is -2.31. The van der Waals surface area contributed by atoms with Gasteiger partial charge in [0.2, 0.25) is 0 Å². The van der Waals surface area contributed by atoms with Crippen LogP contribution in [0.3, 0.4) is 0 Å². The van der Waals surface area contributed by atoms with Crippen LogP contribution in [0.5, 0.6) is 0 Å². The molecule has 1 N–H and O–H groups in total. The highest BCUT2D eigenvalue weighted by Crippen LogP contribution is 2.32. The van der Waals surface area contributed by atoms with E-state index in [9.17, 15) is 4.79 Å². The molecule has 1 heterocycles. The summed E-state index contributed by atoms with van der Waals surface area (Å²) >= 11 is 0. The molecule has 1 saturated carbocycles. The van der Waals surface area contributed by atoms with Gasteiger partial charge in [0.1, 0.15) is 0 Å². The normalized spacial score (nSPS) is 26.9. The summed E-state index contributed by atoms with van der Waals surface area (Å²) in [6.45, 7) is 9.50. The van der Waals surface area contributed by atoms with Crippen LogP contribution in [0.4, 0.5) is 5.82 Å². The molecule has 0 aromatic carbocycles. The third-order valence-corrected chi connectivity index (χ3v) is 4.26. The fraction of sp³-hybridized carbons (Fsp3) is 0.733. The number of nitrogens with one attached hydrogen (secondary N) is 1. The van der Waals surface area contributed by atoms with Gasteiger partial charge >= 0.3 is 0 Å². The third kappa shape index (κ3) is 3.17. The minimum absolute atomic E-state index is 0.00273. The Morgan fingerprint density at radius 3 is 2.74 bits per heavy atom. The molecule has 1 aliphatic rings. The van der Waals surface area contributed by atoms with Gasteiger partial charge in [-0.15, -0.1) is 0 Å². The predicted molar refractivity (Wildman–Crippen MR) is 78.3 cm³/mol. The number of nitrogens with zero attached hydrogens (tertiary/aromatic N) is 2. The Balaban J connectivity index is 2.15. The number of hydrogen-bond acceptors (Lipinski definition) is 3. The average Bonchev–Trinajstić information content (AvgIpc) is 2.65. The van der Waals surface area contributed by atoms with E-state index in [-0.39, 0.29) is 5.56 Å². The molecule has 1 fully saturated rings. The second-order valence-corrected chi connectivity index (χ2v) is 6.29. The Kier molecular flexibility index (Phi) is 4.27. The van der Waals surface area contributed by atoms with Crippen molar-refractivity contribution in [2.24, 2.45) is 17.8 Å². The van der Waals surface area contributed by atoms with Crippen LogP contribution in [-0.4, -0.2) is 15.6 Å². The van der Waals surface area contributed by atoms with E-state index >= 15 is 0 Å². The Morgan fingerprint density at radius 2 is 2.16 bits per heavy atom. The topological polar surface area (TPSA) is 46.9 Å². The minimum atomic E-state index is 0.00273. The first-order valence-corrected chi connectivity index (χ1v) is 7.31. The van der Waals surface area contributed by atoms with E-state index in [0.29, 0.717) is 23.7 Å². The van der Waals surface area contributed by atoms with Crippen molar-refractivity contribution >= 4 is 5.82 Å². The molecule has 1 aliphatic carbocycles. The molecule has 1 aromatic rings. The molecular formula is C15H25N3O. The van der Waals surface area contributed by atoms with Crippen LogP contribution in [0.15, 0.2) is 17.2 Å². The number of hydrogen-bond donors (Lipinski definition) is 1. The minimum Gasteiger partial charge on any atom is -0.362 e. The molecule has 4 nitrogen and oxygen atoms in total. The molecule has 3 atom stereocenters. The zero-order chi connectivity index (χ0) is 14.0. The molecule has 106 valence electrons. The van der Waals surface area contributed by atoms with Crippen LogP contribution < -0.4 is 10.9 Å². The number of anilines is 1. The summed E-state index contributed by atoms with van der Waals surface area (Å²) in [5.41, 5.74) is 0.00273. The van der Waals surface area contributed by atoms with Gasteiger partial charge in [-0.2, -0.15) is 0 Å². The van der Waals surface area contributed by atoms with E-state index < -0.39 is 0 Å². The average molecular weight is 263 g/mol. The van der Waals surface area contributed by atoms with Crippen LogP contribution in [0.1, 0.15) is 40.5 Å². The fourth-order valence-corrected chi connectivity index (χ4v) is 2.83. The van der Waals surface area contributed by atoms with Crippen molar-refractivity contribution in [3.63, 3.8) is 0 Å². The highest BCUT2D eigenvalue weighted by Gasteiger charge is 2.30. The Labute approximate surface area is 115 Å². The Morgan fingerprint density at radius 1 is 1.42 bits per heavy atom. The van der Waals surface area contributed by atoms with Crippen molar-refractivity contribution in [3.8, 4) is 0 Å². The molecule has 1 aromatic heterocycles. The quantitative estimate of drug-likeness (QED) is 0.908. The van der Waals surface area contributed by atoms with Gasteiger partial charge < -0.3 is 9.88 Å². The van der Waals surface area contributed by atoms with Crippen molar-refractivity contribution in [1.29, 1.82) is 0 Å². The molecule has 4 heteroatoms. The van der Waals surface area contributed by atoms with Gasteiger partial charge in [-0.25, -0.2) is 4.98 Å². The molecule has 3 unspecified atom stereocenters. The third-order valence-electron chi connectivity index (χ3n) is 4.26. The Bertz CT molecular complexity index is 481. The molecule has 0 saturated heterocycles. The van der Waals surface area contributed by atoms with Crippen molar-refractivity contribution < 1.29 is 0 Å². The van der Waals surface area contributed by atoms with Gasteiger partial charge in [0, 0.05) is 25.0 Å². The number of aromatic nitrogens is 2. The van der Waals surface area contributed by atoms with E-state index in [4.69, 9.17) is 0 Å². The molecule has 0 radical (unpaired) electrons. The first-order chi connectivity index (χ1) is 8.99. The van der Waals surface area contributed by atoms with Gasteiger partial charge in [0.15, 0.2) is 5.82 Å². The first-order valence-electron chi connectivity index (χ1n) is 7.31. The summed E-state index contributed by atoms with van der Waals surface area (Å²) in [5.74, 6) is 2.28. The summed E-state index contributed by atoms with van der Waals surface area (Å²) in [7, 11) is 0. The van der Waals surface area contributed by atoms with Gasteiger partial charge in [-0.1, -0.05) is 27.7 Å². The van der Waals surface area contributed by atoms with Crippen LogP contribution in [0, 0.1) is 17.8 Å². The van der Waals surface area contributed by atoms with Crippen LogP contribution in [0.25, 0.3) is 0 Å². The summed E-state index contributed by atoms with van der Waals surface area (Å²) in [6, 6.07) is 0.380. The lowest BCUT2D eigenvalue weighted by molar-refractivity contribution is 0.434. The molecule has 2 rings (SSSR count). The smallest absolute Gasteiger partial charge is 0.293 e. The largest absolute Gasteiger partial charge is 0.362 e. The first kappa shape index (κ1) is 14.1. The maximum atomic E-state index is 12.3. The summed E-state index contributed by atoms with van der Waals surface area (Å²) in [5, 5.41) is 3.36. The van der Waals surface area contributed by atoms with E-state index in [1.165, 1.54) is 6.42 Å². The lowest BCUT2D eigenvalue weighted by Gasteiger charge is -2.20. The van der Waals surface area contributed by atoms with Gasteiger partial charge in [0.05, 0.1) is 0 Å². The highest BCUT2D eigenvalue weighted by molar-refractivity contribution is 5.33. The maximum Gasteiger partial charge on any atom is 0.293 e. The number of rotatable bonds is 4. The monoisotopic (exact) mass is 263 g/mol. The maximum absolute atomic E-state index is 12.3.